The molecule has 2 N–H and O–H groups in total. The maximum Gasteiger partial charge on any atom is 0.0772 e. The van der Waals surface area contributed by atoms with E-state index in [0.717, 1.165) is 31.7 Å². The predicted octanol–water partition coefficient (Wildman–Crippen LogP) is 1.44. The Kier molecular flexibility index (Phi) is 2.17. The van der Waals surface area contributed by atoms with E-state index >= 15 is 0 Å². The number of nitrogens with zero attached hydrogens (tertiary/aromatic N) is 2. The van der Waals surface area contributed by atoms with Crippen LogP contribution in [0.4, 0.5) is 11.4 Å². The molecule has 0 aliphatic carbocycles. The molecule has 2 aromatic rings. The van der Waals surface area contributed by atoms with Gasteiger partial charge in [0.1, 0.15) is 0 Å². The van der Waals surface area contributed by atoms with Crippen LogP contribution in [0.2, 0.25) is 0 Å². The third kappa shape index (κ3) is 1.39. The monoisotopic (exact) mass is 240 g/mol. The highest BCUT2D eigenvalue weighted by molar-refractivity contribution is 5.99. The molecular weight excluding hydrogens is 224 g/mol. The van der Waals surface area contributed by atoms with Gasteiger partial charge in [-0.1, -0.05) is 18.2 Å². The molecule has 4 nitrogen and oxygen atoms in total. The van der Waals surface area contributed by atoms with E-state index in [1.807, 2.05) is 12.3 Å². The first-order chi connectivity index (χ1) is 8.93. The largest absolute Gasteiger partial charge is 0.380 e. The number of piperazine rings is 1. The number of hydrogen-bond donors (Lipinski definition) is 2. The molecule has 4 heteroatoms. The molecule has 3 heterocycles. The van der Waals surface area contributed by atoms with E-state index in [1.54, 1.807) is 0 Å². The summed E-state index contributed by atoms with van der Waals surface area (Å²) in [5, 5.41) is 8.23. The molecule has 1 saturated heterocycles. The van der Waals surface area contributed by atoms with Crippen LogP contribution in [-0.4, -0.2) is 37.2 Å². The molecule has 0 radical (unpaired) electrons. The Balaban J connectivity index is 1.95. The summed E-state index contributed by atoms with van der Waals surface area (Å²) >= 11 is 0. The maximum atomic E-state index is 4.53. The Labute approximate surface area is 106 Å². The standard InChI is InChI=1S/C14H16N4/c1-2-4-12-11(3-1)14-13(9-17-12)16-8-10-7-15-5-6-18(10)14/h1-4,9-10,15-16H,5-8H2. The van der Waals surface area contributed by atoms with E-state index < -0.39 is 0 Å². The third-order valence-corrected chi connectivity index (χ3v) is 3.91. The lowest BCUT2D eigenvalue weighted by molar-refractivity contribution is 0.483. The molecule has 18 heavy (non-hydrogen) atoms. The average molecular weight is 240 g/mol. The molecule has 0 amide bonds. The van der Waals surface area contributed by atoms with E-state index in [4.69, 9.17) is 0 Å². The number of hydrogen-bond acceptors (Lipinski definition) is 4. The van der Waals surface area contributed by atoms with Crippen LogP contribution in [0.5, 0.6) is 0 Å². The van der Waals surface area contributed by atoms with Gasteiger partial charge in [0, 0.05) is 31.6 Å². The fourth-order valence-corrected chi connectivity index (χ4v) is 3.03. The fourth-order valence-electron chi connectivity index (χ4n) is 3.03. The first-order valence-electron chi connectivity index (χ1n) is 6.52. The van der Waals surface area contributed by atoms with Crippen LogP contribution in [0.25, 0.3) is 10.9 Å². The molecule has 1 aromatic carbocycles. The van der Waals surface area contributed by atoms with Crippen molar-refractivity contribution < 1.29 is 0 Å². The summed E-state index contributed by atoms with van der Waals surface area (Å²) in [4.78, 5) is 7.06. The van der Waals surface area contributed by atoms with Gasteiger partial charge in [-0.15, -0.1) is 0 Å². The first-order valence-corrected chi connectivity index (χ1v) is 6.52. The number of anilines is 2. The van der Waals surface area contributed by atoms with Gasteiger partial charge in [-0.25, -0.2) is 0 Å². The highest BCUT2D eigenvalue weighted by Crippen LogP contribution is 2.37. The number of aromatic nitrogens is 1. The van der Waals surface area contributed by atoms with Crippen molar-refractivity contribution in [2.75, 3.05) is 36.4 Å². The number of para-hydroxylation sites is 1. The van der Waals surface area contributed by atoms with Crippen LogP contribution in [0.1, 0.15) is 0 Å². The van der Waals surface area contributed by atoms with E-state index in [2.05, 4.69) is 38.7 Å². The van der Waals surface area contributed by atoms with E-state index in [0.29, 0.717) is 6.04 Å². The van der Waals surface area contributed by atoms with Gasteiger partial charge in [0.15, 0.2) is 0 Å². The molecule has 1 fully saturated rings. The van der Waals surface area contributed by atoms with Crippen molar-refractivity contribution in [1.29, 1.82) is 0 Å². The van der Waals surface area contributed by atoms with Crippen LogP contribution in [0.3, 0.4) is 0 Å². The molecule has 0 saturated carbocycles. The van der Waals surface area contributed by atoms with Crippen molar-refractivity contribution in [1.82, 2.24) is 10.3 Å². The Morgan fingerprint density at radius 2 is 2.17 bits per heavy atom. The molecule has 0 bridgehead atoms. The normalized spacial score (nSPS) is 22.2. The molecule has 2 aliphatic heterocycles. The molecule has 2 aliphatic rings. The van der Waals surface area contributed by atoms with Crippen LogP contribution in [0, 0.1) is 0 Å². The molecule has 0 spiro atoms. The lowest BCUT2D eigenvalue weighted by Crippen LogP contribution is -2.56. The molecule has 1 unspecified atom stereocenters. The Morgan fingerprint density at radius 1 is 1.22 bits per heavy atom. The Hall–Kier alpha value is -1.81. The second kappa shape index (κ2) is 3.85. The second-order valence-electron chi connectivity index (χ2n) is 4.97. The van der Waals surface area contributed by atoms with Gasteiger partial charge >= 0.3 is 0 Å². The SMILES string of the molecule is c1ccc2c3c(cnc2c1)NCC1CNCCN31. The quantitative estimate of drug-likeness (QED) is 0.731. The van der Waals surface area contributed by atoms with Crippen molar-refractivity contribution >= 4 is 22.3 Å². The lowest BCUT2D eigenvalue weighted by atomic mass is 10.0. The molecular formula is C14H16N4. The summed E-state index contributed by atoms with van der Waals surface area (Å²) in [6.45, 7) is 4.20. The summed E-state index contributed by atoms with van der Waals surface area (Å²) in [5.74, 6) is 0. The lowest BCUT2D eigenvalue weighted by Gasteiger charge is -2.43. The number of rotatable bonds is 0. The van der Waals surface area contributed by atoms with Gasteiger partial charge in [-0.3, -0.25) is 4.98 Å². The van der Waals surface area contributed by atoms with E-state index in [9.17, 15) is 0 Å². The van der Waals surface area contributed by atoms with Crippen molar-refractivity contribution in [3.05, 3.63) is 30.5 Å². The van der Waals surface area contributed by atoms with Gasteiger partial charge in [0.05, 0.1) is 29.1 Å². The topological polar surface area (TPSA) is 40.2 Å². The van der Waals surface area contributed by atoms with Crippen molar-refractivity contribution in [3.63, 3.8) is 0 Å². The first kappa shape index (κ1) is 10.1. The number of pyridine rings is 1. The number of nitrogens with one attached hydrogen (secondary N) is 2. The molecule has 1 atom stereocenters. The zero-order valence-electron chi connectivity index (χ0n) is 10.2. The van der Waals surface area contributed by atoms with Gasteiger partial charge in [0.25, 0.3) is 0 Å². The highest BCUT2D eigenvalue weighted by atomic mass is 15.3. The third-order valence-electron chi connectivity index (χ3n) is 3.91. The van der Waals surface area contributed by atoms with E-state index in [-0.39, 0.29) is 0 Å². The predicted molar refractivity (Wildman–Crippen MR) is 74.2 cm³/mol. The van der Waals surface area contributed by atoms with Crippen LogP contribution in [0.15, 0.2) is 30.5 Å². The molecule has 92 valence electrons. The van der Waals surface area contributed by atoms with Crippen molar-refractivity contribution in [2.24, 2.45) is 0 Å². The average Bonchev–Trinajstić information content (AvgIpc) is 2.46. The van der Waals surface area contributed by atoms with Crippen LogP contribution in [-0.2, 0) is 0 Å². The Morgan fingerprint density at radius 3 is 3.17 bits per heavy atom. The smallest absolute Gasteiger partial charge is 0.0772 e. The minimum atomic E-state index is 0.553. The summed E-state index contributed by atoms with van der Waals surface area (Å²) in [6.07, 6.45) is 1.97. The minimum Gasteiger partial charge on any atom is -0.380 e. The summed E-state index contributed by atoms with van der Waals surface area (Å²) in [6, 6.07) is 8.95. The maximum absolute atomic E-state index is 4.53. The molecule has 4 rings (SSSR count). The van der Waals surface area contributed by atoms with Crippen LogP contribution >= 0.6 is 0 Å². The minimum absolute atomic E-state index is 0.553. The van der Waals surface area contributed by atoms with Gasteiger partial charge < -0.3 is 15.5 Å². The zero-order chi connectivity index (χ0) is 11.9. The summed E-state index contributed by atoms with van der Waals surface area (Å²) < 4.78 is 0. The van der Waals surface area contributed by atoms with Crippen molar-refractivity contribution in [2.45, 2.75) is 6.04 Å². The number of benzene rings is 1. The molecule has 1 aromatic heterocycles. The van der Waals surface area contributed by atoms with Crippen LogP contribution < -0.4 is 15.5 Å². The Bertz CT molecular complexity index is 595. The van der Waals surface area contributed by atoms with Gasteiger partial charge in [-0.05, 0) is 6.07 Å². The highest BCUT2D eigenvalue weighted by Gasteiger charge is 2.29. The summed E-state index contributed by atoms with van der Waals surface area (Å²) in [7, 11) is 0. The van der Waals surface area contributed by atoms with Gasteiger partial charge in [-0.2, -0.15) is 0 Å². The fraction of sp³-hybridized carbons (Fsp3) is 0.357. The second-order valence-corrected chi connectivity index (χ2v) is 4.97. The zero-order valence-corrected chi connectivity index (χ0v) is 10.2. The van der Waals surface area contributed by atoms with Gasteiger partial charge in [0.2, 0.25) is 0 Å². The van der Waals surface area contributed by atoms with Crippen molar-refractivity contribution in [3.8, 4) is 0 Å². The summed E-state index contributed by atoms with van der Waals surface area (Å²) in [5.41, 5.74) is 3.59. The number of fused-ring (bicyclic) bond motifs is 5. The van der Waals surface area contributed by atoms with E-state index in [1.165, 1.54) is 16.8 Å².